The number of carbonyl (C=O) groups excluding carboxylic acids is 2. The number of aromatic nitrogens is 4. The lowest BCUT2D eigenvalue weighted by Crippen LogP contribution is -2.30. The van der Waals surface area contributed by atoms with Crippen LogP contribution in [0.5, 0.6) is 0 Å². The SMILES string of the molecule is Cc1cnc(CNC(=O)c2cc3n(n2)CC(O)CNC3=O)[nH]1.O=CO. The second-order valence-corrected chi connectivity index (χ2v) is 5.26. The standard InChI is InChI=1S/C13H16N6O3.CH2O2/c1-7-3-14-11(17-7)5-16-12(21)9-2-10-13(22)15-4-8(20)6-19(10)18-9;2-1-3/h2-3,8,20H,4-6H2,1H3,(H,14,17)(H,15,22)(H,16,21);1H,(H,2,3). The average molecular weight is 350 g/mol. The summed E-state index contributed by atoms with van der Waals surface area (Å²) >= 11 is 0. The molecule has 1 aliphatic heterocycles. The van der Waals surface area contributed by atoms with Crippen LogP contribution >= 0.6 is 0 Å². The molecular formula is C14H18N6O5. The van der Waals surface area contributed by atoms with Gasteiger partial charge in [-0.2, -0.15) is 5.10 Å². The fraction of sp³-hybridized carbons (Fsp3) is 0.357. The Morgan fingerprint density at radius 1 is 1.56 bits per heavy atom. The predicted molar refractivity (Wildman–Crippen MR) is 83.8 cm³/mol. The van der Waals surface area contributed by atoms with Crippen molar-refractivity contribution < 1.29 is 24.6 Å². The lowest BCUT2D eigenvalue weighted by atomic mass is 10.3. The van der Waals surface area contributed by atoms with Gasteiger partial charge in [-0.25, -0.2) is 4.98 Å². The molecule has 0 bridgehead atoms. The van der Waals surface area contributed by atoms with E-state index in [1.807, 2.05) is 6.92 Å². The van der Waals surface area contributed by atoms with Gasteiger partial charge in [0.2, 0.25) is 0 Å². The zero-order chi connectivity index (χ0) is 18.4. The number of nitrogens with one attached hydrogen (secondary N) is 3. The van der Waals surface area contributed by atoms with Crippen LogP contribution in [0.3, 0.4) is 0 Å². The van der Waals surface area contributed by atoms with Crippen LogP contribution in [0.2, 0.25) is 0 Å². The van der Waals surface area contributed by atoms with Crippen LogP contribution in [0, 0.1) is 6.92 Å². The summed E-state index contributed by atoms with van der Waals surface area (Å²) in [5.74, 6) is -0.124. The van der Waals surface area contributed by atoms with Crippen molar-refractivity contribution in [2.24, 2.45) is 0 Å². The number of aliphatic hydroxyl groups is 1. The highest BCUT2D eigenvalue weighted by Gasteiger charge is 2.24. The molecule has 3 rings (SSSR count). The molecule has 25 heavy (non-hydrogen) atoms. The van der Waals surface area contributed by atoms with Crippen molar-refractivity contribution in [1.29, 1.82) is 0 Å². The Morgan fingerprint density at radius 3 is 2.92 bits per heavy atom. The molecule has 0 aromatic carbocycles. The number of carbonyl (C=O) groups is 3. The smallest absolute Gasteiger partial charge is 0.290 e. The van der Waals surface area contributed by atoms with Crippen LogP contribution < -0.4 is 10.6 Å². The van der Waals surface area contributed by atoms with Gasteiger partial charge in [0, 0.05) is 24.5 Å². The summed E-state index contributed by atoms with van der Waals surface area (Å²) in [7, 11) is 0. The van der Waals surface area contributed by atoms with Gasteiger partial charge in [0.15, 0.2) is 5.69 Å². The van der Waals surface area contributed by atoms with Crippen molar-refractivity contribution in [3.8, 4) is 0 Å². The van der Waals surface area contributed by atoms with E-state index in [1.165, 1.54) is 10.7 Å². The number of aromatic amines is 1. The monoisotopic (exact) mass is 350 g/mol. The zero-order valence-electron chi connectivity index (χ0n) is 13.4. The summed E-state index contributed by atoms with van der Waals surface area (Å²) in [5.41, 5.74) is 1.29. The topological polar surface area (TPSA) is 162 Å². The molecule has 1 aliphatic rings. The number of hydrogen-bond donors (Lipinski definition) is 5. The van der Waals surface area contributed by atoms with E-state index in [1.54, 1.807) is 6.20 Å². The molecule has 1 unspecified atom stereocenters. The number of aliphatic hydroxyl groups excluding tert-OH is 1. The second kappa shape index (κ2) is 8.06. The number of H-pyrrole nitrogens is 1. The van der Waals surface area contributed by atoms with Crippen LogP contribution in [0.15, 0.2) is 12.3 Å². The number of carboxylic acid groups (broad SMARTS) is 1. The van der Waals surface area contributed by atoms with Gasteiger partial charge in [-0.1, -0.05) is 0 Å². The third-order valence-electron chi connectivity index (χ3n) is 3.30. The van der Waals surface area contributed by atoms with Crippen LogP contribution in [0.4, 0.5) is 0 Å². The minimum absolute atomic E-state index is 0.127. The summed E-state index contributed by atoms with van der Waals surface area (Å²) in [6.07, 6.45) is 0.943. The molecule has 0 radical (unpaired) electrons. The number of amides is 2. The van der Waals surface area contributed by atoms with E-state index in [9.17, 15) is 14.7 Å². The number of rotatable bonds is 3. The van der Waals surface area contributed by atoms with E-state index in [-0.39, 0.29) is 43.4 Å². The van der Waals surface area contributed by atoms with Crippen molar-refractivity contribution in [3.63, 3.8) is 0 Å². The van der Waals surface area contributed by atoms with Gasteiger partial charge in [-0.05, 0) is 6.92 Å². The first kappa shape index (κ1) is 18.1. The molecule has 0 fully saturated rings. The molecule has 11 nitrogen and oxygen atoms in total. The Hall–Kier alpha value is -3.21. The second-order valence-electron chi connectivity index (χ2n) is 5.26. The number of imidazole rings is 1. The molecule has 0 saturated heterocycles. The summed E-state index contributed by atoms with van der Waals surface area (Å²) in [6.45, 7) is 2.19. The maximum atomic E-state index is 12.1. The van der Waals surface area contributed by atoms with Gasteiger partial charge in [0.25, 0.3) is 18.3 Å². The third kappa shape index (κ3) is 4.64. The van der Waals surface area contributed by atoms with Gasteiger partial charge >= 0.3 is 0 Å². The highest BCUT2D eigenvalue weighted by Crippen LogP contribution is 2.09. The van der Waals surface area contributed by atoms with Crippen molar-refractivity contribution in [2.45, 2.75) is 26.1 Å². The van der Waals surface area contributed by atoms with E-state index in [4.69, 9.17) is 9.90 Å². The predicted octanol–water partition coefficient (Wildman–Crippen LogP) is -1.35. The molecule has 2 aromatic heterocycles. The van der Waals surface area contributed by atoms with Crippen LogP contribution in [-0.4, -0.2) is 60.9 Å². The molecule has 0 aliphatic carbocycles. The zero-order valence-corrected chi connectivity index (χ0v) is 13.4. The van der Waals surface area contributed by atoms with E-state index < -0.39 is 12.0 Å². The number of aryl methyl sites for hydroxylation is 1. The van der Waals surface area contributed by atoms with Gasteiger partial charge in [-0.15, -0.1) is 0 Å². The van der Waals surface area contributed by atoms with Gasteiger partial charge in [0.1, 0.15) is 11.5 Å². The molecule has 1 atom stereocenters. The van der Waals surface area contributed by atoms with E-state index in [0.29, 0.717) is 5.82 Å². The van der Waals surface area contributed by atoms with Gasteiger partial charge < -0.3 is 25.8 Å². The number of hydrogen-bond acceptors (Lipinski definition) is 6. The molecule has 5 N–H and O–H groups in total. The molecule has 0 saturated carbocycles. The number of fused-ring (bicyclic) bond motifs is 1. The van der Waals surface area contributed by atoms with Crippen molar-refractivity contribution in [3.05, 3.63) is 35.2 Å². The lowest BCUT2D eigenvalue weighted by molar-refractivity contribution is -0.122. The average Bonchev–Trinajstić information content (AvgIpc) is 3.14. The quantitative estimate of drug-likeness (QED) is 0.427. The Kier molecular flexibility index (Phi) is 5.84. The van der Waals surface area contributed by atoms with Crippen LogP contribution in [0.25, 0.3) is 0 Å². The Morgan fingerprint density at radius 2 is 2.28 bits per heavy atom. The summed E-state index contributed by atoms with van der Waals surface area (Å²) < 4.78 is 1.35. The summed E-state index contributed by atoms with van der Waals surface area (Å²) in [6, 6.07) is 1.41. The maximum absolute atomic E-state index is 12.1. The largest absolute Gasteiger partial charge is 0.483 e. The first-order chi connectivity index (χ1) is 11.9. The lowest BCUT2D eigenvalue weighted by Gasteiger charge is -2.06. The normalized spacial score (nSPS) is 15.9. The van der Waals surface area contributed by atoms with Crippen LogP contribution in [-0.2, 0) is 17.9 Å². The van der Waals surface area contributed by atoms with E-state index >= 15 is 0 Å². The van der Waals surface area contributed by atoms with Crippen LogP contribution in [0.1, 0.15) is 32.5 Å². The Balaban J connectivity index is 0.000000701. The first-order valence-corrected chi connectivity index (χ1v) is 7.35. The minimum atomic E-state index is -0.730. The van der Waals surface area contributed by atoms with Crippen molar-refractivity contribution >= 4 is 18.3 Å². The molecule has 2 amide bonds. The molecule has 134 valence electrons. The van der Waals surface area contributed by atoms with E-state index in [0.717, 1.165) is 5.69 Å². The minimum Gasteiger partial charge on any atom is -0.483 e. The molecule has 11 heteroatoms. The molecule has 0 spiro atoms. The molecule has 3 heterocycles. The van der Waals surface area contributed by atoms with Gasteiger partial charge in [-0.3, -0.25) is 19.1 Å². The van der Waals surface area contributed by atoms with Gasteiger partial charge in [0.05, 0.1) is 19.2 Å². The third-order valence-corrected chi connectivity index (χ3v) is 3.30. The summed E-state index contributed by atoms with van der Waals surface area (Å²) in [5, 5.41) is 25.9. The Labute approximate surface area is 142 Å². The number of β-amino-alcohol motifs (C(OH)–C–C–N with tert-alkyl or cyclic N) is 1. The Bertz CT molecular complexity index is 768. The van der Waals surface area contributed by atoms with Crippen molar-refractivity contribution in [2.75, 3.05) is 6.54 Å². The van der Waals surface area contributed by atoms with Crippen molar-refractivity contribution in [1.82, 2.24) is 30.4 Å². The fourth-order valence-corrected chi connectivity index (χ4v) is 2.23. The first-order valence-electron chi connectivity index (χ1n) is 7.35. The van der Waals surface area contributed by atoms with E-state index in [2.05, 4.69) is 25.7 Å². The number of nitrogens with zero attached hydrogens (tertiary/aromatic N) is 3. The highest BCUT2D eigenvalue weighted by atomic mass is 16.3. The maximum Gasteiger partial charge on any atom is 0.290 e. The fourth-order valence-electron chi connectivity index (χ4n) is 2.23. The summed E-state index contributed by atoms with van der Waals surface area (Å²) in [4.78, 5) is 39.4. The highest BCUT2D eigenvalue weighted by molar-refractivity contribution is 5.98. The molecule has 2 aromatic rings. The molecular weight excluding hydrogens is 332 g/mol.